The molecular weight excluding hydrogens is 371 g/mol. The Bertz CT molecular complexity index is 465. The van der Waals surface area contributed by atoms with E-state index in [2.05, 4.69) is 0 Å². The van der Waals surface area contributed by atoms with Crippen molar-refractivity contribution in [2.45, 2.75) is 63.5 Å². The number of rotatable bonds is 14. The first-order valence-electron chi connectivity index (χ1n) is 9.03. The van der Waals surface area contributed by atoms with E-state index in [1.54, 1.807) is 0 Å². The minimum absolute atomic E-state index is 0.113. The quantitative estimate of drug-likeness (QED) is 0.244. The van der Waals surface area contributed by atoms with Crippen LogP contribution in [0.2, 0.25) is 0 Å². The molecule has 0 fully saturated rings. The summed E-state index contributed by atoms with van der Waals surface area (Å²) < 4.78 is 66.9. The van der Waals surface area contributed by atoms with Gasteiger partial charge in [-0.05, 0) is 42.9 Å². The average Bonchev–Trinajstić information content (AvgIpc) is 2.59. The molecule has 0 bridgehead atoms. The van der Waals surface area contributed by atoms with Crippen molar-refractivity contribution in [1.82, 2.24) is 0 Å². The van der Waals surface area contributed by atoms with E-state index in [9.17, 15) is 22.0 Å². The van der Waals surface area contributed by atoms with E-state index >= 15 is 0 Å². The lowest BCUT2D eigenvalue weighted by atomic mass is 10.1. The number of unbranched alkanes of at least 4 members (excludes halogenated alkanes) is 5. The van der Waals surface area contributed by atoms with Crippen LogP contribution in [-0.2, 0) is 0 Å². The molecule has 0 aliphatic carbocycles. The van der Waals surface area contributed by atoms with Crippen molar-refractivity contribution in [2.24, 2.45) is 0 Å². The summed E-state index contributed by atoms with van der Waals surface area (Å²) in [4.78, 5) is 0. The molecule has 0 saturated heterocycles. The van der Waals surface area contributed by atoms with Crippen molar-refractivity contribution in [2.75, 3.05) is 18.1 Å². The highest BCUT2D eigenvalue weighted by molar-refractivity contribution is 7.99. The van der Waals surface area contributed by atoms with Gasteiger partial charge >= 0.3 is 12.1 Å². The molecule has 26 heavy (non-hydrogen) atoms. The van der Waals surface area contributed by atoms with Gasteiger partial charge in [0.15, 0.2) is 0 Å². The largest absolute Gasteiger partial charge is 0.494 e. The van der Waals surface area contributed by atoms with Crippen molar-refractivity contribution in [3.05, 3.63) is 30.3 Å². The number of alkyl halides is 5. The van der Waals surface area contributed by atoms with Crippen LogP contribution >= 0.6 is 11.8 Å². The van der Waals surface area contributed by atoms with Crippen molar-refractivity contribution in [3.8, 4) is 5.75 Å². The van der Waals surface area contributed by atoms with Gasteiger partial charge in [0.05, 0.1) is 6.61 Å². The molecule has 1 aromatic rings. The number of ether oxygens (including phenoxy) is 1. The smallest absolute Gasteiger partial charge is 0.453 e. The van der Waals surface area contributed by atoms with E-state index in [0.29, 0.717) is 12.4 Å². The zero-order chi connectivity index (χ0) is 19.3. The molecule has 1 nitrogen and oxygen atoms in total. The molecule has 0 spiro atoms. The molecule has 7 heteroatoms. The van der Waals surface area contributed by atoms with Crippen molar-refractivity contribution < 1.29 is 26.7 Å². The Balaban J connectivity index is 1.84. The van der Waals surface area contributed by atoms with Gasteiger partial charge in [0.25, 0.3) is 0 Å². The fraction of sp³-hybridized carbons (Fsp3) is 0.684. The molecule has 0 aliphatic heterocycles. The van der Waals surface area contributed by atoms with Crippen LogP contribution in [0.1, 0.15) is 51.4 Å². The van der Waals surface area contributed by atoms with Gasteiger partial charge in [-0.15, -0.1) is 0 Å². The van der Waals surface area contributed by atoms with Crippen LogP contribution in [-0.4, -0.2) is 30.2 Å². The Labute approximate surface area is 156 Å². The van der Waals surface area contributed by atoms with Gasteiger partial charge in [0.2, 0.25) is 0 Å². The van der Waals surface area contributed by atoms with Gasteiger partial charge in [0.1, 0.15) is 5.75 Å². The summed E-state index contributed by atoms with van der Waals surface area (Å²) in [5.41, 5.74) is 0. The van der Waals surface area contributed by atoms with Gasteiger partial charge in [-0.1, -0.05) is 43.9 Å². The van der Waals surface area contributed by atoms with Gasteiger partial charge in [-0.3, -0.25) is 0 Å². The summed E-state index contributed by atoms with van der Waals surface area (Å²) in [5, 5.41) is 0. The number of hydrogen-bond acceptors (Lipinski definition) is 2. The molecule has 0 radical (unpaired) electrons. The maximum Gasteiger partial charge on any atom is 0.453 e. The monoisotopic (exact) mass is 398 g/mol. The van der Waals surface area contributed by atoms with Crippen LogP contribution in [0.5, 0.6) is 5.75 Å². The summed E-state index contributed by atoms with van der Waals surface area (Å²) in [6.07, 6.45) is -0.273. The fourth-order valence-electron chi connectivity index (χ4n) is 2.36. The first-order chi connectivity index (χ1) is 12.3. The Morgan fingerprint density at radius 1 is 0.731 bits per heavy atom. The fourth-order valence-corrected chi connectivity index (χ4v) is 3.32. The third kappa shape index (κ3) is 10.2. The number of para-hydroxylation sites is 1. The minimum Gasteiger partial charge on any atom is -0.494 e. The zero-order valence-corrected chi connectivity index (χ0v) is 15.7. The van der Waals surface area contributed by atoms with Crippen LogP contribution in [0.25, 0.3) is 0 Å². The van der Waals surface area contributed by atoms with Gasteiger partial charge in [-0.2, -0.15) is 33.7 Å². The number of thioether (sulfide) groups is 1. The predicted molar refractivity (Wildman–Crippen MR) is 97.2 cm³/mol. The van der Waals surface area contributed by atoms with Crippen molar-refractivity contribution >= 4 is 11.8 Å². The summed E-state index contributed by atoms with van der Waals surface area (Å²) in [6.45, 7) is 0.711. The molecule has 0 aliphatic rings. The van der Waals surface area contributed by atoms with Crippen LogP contribution in [0.3, 0.4) is 0 Å². The number of halogens is 5. The Hall–Kier alpha value is -0.980. The lowest BCUT2D eigenvalue weighted by Crippen LogP contribution is -2.36. The molecule has 1 aromatic carbocycles. The summed E-state index contributed by atoms with van der Waals surface area (Å²) in [7, 11) is 0. The highest BCUT2D eigenvalue weighted by Crippen LogP contribution is 2.39. The first kappa shape index (κ1) is 23.1. The van der Waals surface area contributed by atoms with E-state index in [0.717, 1.165) is 50.0 Å². The SMILES string of the molecule is FC(F)(F)C(F)(F)CCCSCCCCCCCCOc1ccccc1. The van der Waals surface area contributed by atoms with Crippen LogP contribution in [0.15, 0.2) is 30.3 Å². The second-order valence-electron chi connectivity index (χ2n) is 6.20. The maximum absolute atomic E-state index is 12.7. The van der Waals surface area contributed by atoms with Crippen molar-refractivity contribution in [3.63, 3.8) is 0 Å². The standard InChI is InChI=1S/C19H27F5OS/c20-18(21,19(22,23)24)13-10-16-26-15-9-4-2-1-3-8-14-25-17-11-6-5-7-12-17/h5-7,11-12H,1-4,8-10,13-16H2. The summed E-state index contributed by atoms with van der Waals surface area (Å²) >= 11 is 1.45. The lowest BCUT2D eigenvalue weighted by Gasteiger charge is -2.19. The molecule has 1 rings (SSSR count). The van der Waals surface area contributed by atoms with Gasteiger partial charge in [-0.25, -0.2) is 0 Å². The summed E-state index contributed by atoms with van der Waals surface area (Å²) in [5.74, 6) is -2.51. The zero-order valence-electron chi connectivity index (χ0n) is 14.9. The van der Waals surface area contributed by atoms with Crippen molar-refractivity contribution in [1.29, 1.82) is 0 Å². The third-order valence-corrected chi connectivity index (χ3v) is 5.04. The van der Waals surface area contributed by atoms with Crippen LogP contribution in [0.4, 0.5) is 22.0 Å². The van der Waals surface area contributed by atoms with Gasteiger partial charge in [0, 0.05) is 6.42 Å². The second-order valence-corrected chi connectivity index (χ2v) is 7.43. The predicted octanol–water partition coefficient (Wildman–Crippen LogP) is 7.12. The number of hydrogen-bond donors (Lipinski definition) is 0. The van der Waals surface area contributed by atoms with E-state index in [4.69, 9.17) is 4.74 Å². The molecule has 0 amide bonds. The molecule has 0 N–H and O–H groups in total. The van der Waals surface area contributed by atoms with Crippen LogP contribution < -0.4 is 4.74 Å². The Kier molecular flexibility index (Phi) is 11.0. The topological polar surface area (TPSA) is 9.23 Å². The molecule has 0 heterocycles. The average molecular weight is 398 g/mol. The van der Waals surface area contributed by atoms with E-state index in [-0.39, 0.29) is 6.42 Å². The molecule has 0 saturated carbocycles. The highest BCUT2D eigenvalue weighted by Gasteiger charge is 2.56. The van der Waals surface area contributed by atoms with E-state index in [1.807, 2.05) is 30.3 Å². The Morgan fingerprint density at radius 3 is 1.96 bits per heavy atom. The molecule has 0 unspecified atom stereocenters. The highest BCUT2D eigenvalue weighted by atomic mass is 32.2. The molecule has 150 valence electrons. The maximum atomic E-state index is 12.7. The summed E-state index contributed by atoms with van der Waals surface area (Å²) in [6, 6.07) is 9.69. The van der Waals surface area contributed by atoms with Gasteiger partial charge < -0.3 is 4.74 Å². The first-order valence-corrected chi connectivity index (χ1v) is 10.2. The Morgan fingerprint density at radius 2 is 1.31 bits per heavy atom. The molecule has 0 atom stereocenters. The molecule has 0 aromatic heterocycles. The number of benzene rings is 1. The van der Waals surface area contributed by atoms with E-state index in [1.165, 1.54) is 11.8 Å². The molecular formula is C19H27F5OS. The van der Waals surface area contributed by atoms with E-state index < -0.39 is 18.5 Å². The third-order valence-electron chi connectivity index (χ3n) is 3.89. The minimum atomic E-state index is -5.43. The van der Waals surface area contributed by atoms with Crippen LogP contribution in [0, 0.1) is 0 Å². The normalized spacial score (nSPS) is 12.3. The second kappa shape index (κ2) is 12.4. The lowest BCUT2D eigenvalue weighted by molar-refractivity contribution is -0.284.